The summed E-state index contributed by atoms with van der Waals surface area (Å²) in [6.45, 7) is 9.18. The number of hydrogen-bond donors (Lipinski definition) is 0. The molecule has 0 bridgehead atoms. The van der Waals surface area contributed by atoms with Crippen molar-refractivity contribution >= 4 is 11.3 Å². The first kappa shape index (κ1) is 17.1. The molecule has 136 valence electrons. The zero-order valence-electron chi connectivity index (χ0n) is 14.8. The highest BCUT2D eigenvalue weighted by molar-refractivity contribution is 7.13. The summed E-state index contributed by atoms with van der Waals surface area (Å²) in [5.41, 5.74) is 2.40. The Kier molecular flexibility index (Phi) is 5.76. The number of aromatic nitrogens is 3. The number of morpholine rings is 1. The lowest BCUT2D eigenvalue weighted by atomic mass is 10.1. The van der Waals surface area contributed by atoms with E-state index >= 15 is 0 Å². The molecule has 4 heterocycles. The third-order valence-electron chi connectivity index (χ3n) is 5.05. The Morgan fingerprint density at radius 3 is 2.68 bits per heavy atom. The van der Waals surface area contributed by atoms with E-state index in [1.165, 1.54) is 42.8 Å². The number of thiophene rings is 1. The van der Waals surface area contributed by atoms with E-state index in [2.05, 4.69) is 37.8 Å². The van der Waals surface area contributed by atoms with Crippen molar-refractivity contribution in [1.82, 2.24) is 24.8 Å². The van der Waals surface area contributed by atoms with Gasteiger partial charge in [0.15, 0.2) is 0 Å². The van der Waals surface area contributed by atoms with Gasteiger partial charge in [-0.3, -0.25) is 14.5 Å². The van der Waals surface area contributed by atoms with Crippen LogP contribution in [0.15, 0.2) is 17.6 Å². The van der Waals surface area contributed by atoms with Crippen molar-refractivity contribution in [2.45, 2.75) is 32.4 Å². The summed E-state index contributed by atoms with van der Waals surface area (Å²) in [6.07, 6.45) is 6.15. The van der Waals surface area contributed by atoms with Crippen LogP contribution in [0, 0.1) is 0 Å². The van der Waals surface area contributed by atoms with Crippen LogP contribution in [0.4, 0.5) is 0 Å². The zero-order valence-corrected chi connectivity index (χ0v) is 15.6. The van der Waals surface area contributed by atoms with E-state index in [0.717, 1.165) is 51.6 Å². The predicted molar refractivity (Wildman–Crippen MR) is 99.7 cm³/mol. The van der Waals surface area contributed by atoms with Crippen LogP contribution in [-0.4, -0.2) is 70.7 Å². The normalized spacial score (nSPS) is 20.2. The van der Waals surface area contributed by atoms with Crippen LogP contribution in [-0.2, 0) is 17.8 Å². The van der Waals surface area contributed by atoms with Crippen molar-refractivity contribution in [3.8, 4) is 10.6 Å². The number of rotatable bonds is 6. The maximum Gasteiger partial charge on any atom is 0.122 e. The lowest BCUT2D eigenvalue weighted by molar-refractivity contribution is 0.0359. The smallest absolute Gasteiger partial charge is 0.122 e. The molecule has 2 aliphatic heterocycles. The fourth-order valence-electron chi connectivity index (χ4n) is 3.56. The van der Waals surface area contributed by atoms with Crippen molar-refractivity contribution in [1.29, 1.82) is 0 Å². The molecule has 0 spiro atoms. The first-order valence-corrected chi connectivity index (χ1v) is 10.3. The van der Waals surface area contributed by atoms with Gasteiger partial charge >= 0.3 is 0 Å². The summed E-state index contributed by atoms with van der Waals surface area (Å²) in [7, 11) is 0. The van der Waals surface area contributed by atoms with E-state index in [4.69, 9.17) is 4.74 Å². The largest absolute Gasteiger partial charge is 0.379 e. The van der Waals surface area contributed by atoms with E-state index in [1.54, 1.807) is 11.3 Å². The number of hydrogen-bond acceptors (Lipinski definition) is 6. The molecule has 4 rings (SSSR count). The van der Waals surface area contributed by atoms with Crippen LogP contribution in [0.25, 0.3) is 10.6 Å². The molecule has 2 fully saturated rings. The molecule has 0 amide bonds. The van der Waals surface area contributed by atoms with E-state index in [0.29, 0.717) is 0 Å². The minimum Gasteiger partial charge on any atom is -0.379 e. The maximum atomic E-state index is 5.39. The molecule has 7 heteroatoms. The van der Waals surface area contributed by atoms with E-state index < -0.39 is 0 Å². The topological polar surface area (TPSA) is 46.4 Å². The maximum absolute atomic E-state index is 5.39. The molecule has 2 aromatic rings. The molecule has 0 aliphatic carbocycles. The van der Waals surface area contributed by atoms with Crippen molar-refractivity contribution in [2.75, 3.05) is 45.9 Å². The van der Waals surface area contributed by atoms with Crippen LogP contribution >= 0.6 is 11.3 Å². The first-order chi connectivity index (χ1) is 12.4. The van der Waals surface area contributed by atoms with Gasteiger partial charge in [0, 0.05) is 26.2 Å². The first-order valence-electron chi connectivity index (χ1n) is 9.37. The van der Waals surface area contributed by atoms with Gasteiger partial charge in [-0.2, -0.15) is 0 Å². The minimum absolute atomic E-state index is 0.845. The van der Waals surface area contributed by atoms with Gasteiger partial charge in [-0.1, -0.05) is 11.6 Å². The Morgan fingerprint density at radius 2 is 1.84 bits per heavy atom. The van der Waals surface area contributed by atoms with Crippen molar-refractivity contribution in [3.63, 3.8) is 0 Å². The van der Waals surface area contributed by atoms with E-state index in [1.807, 2.05) is 4.68 Å². The van der Waals surface area contributed by atoms with Gasteiger partial charge in [-0.25, -0.2) is 0 Å². The summed E-state index contributed by atoms with van der Waals surface area (Å²) in [5, 5.41) is 11.0. The molecular formula is C18H27N5OS. The van der Waals surface area contributed by atoms with E-state index in [-0.39, 0.29) is 0 Å². The van der Waals surface area contributed by atoms with Gasteiger partial charge in [0.1, 0.15) is 5.69 Å². The molecule has 0 atom stereocenters. The van der Waals surface area contributed by atoms with Gasteiger partial charge < -0.3 is 4.74 Å². The molecule has 2 aromatic heterocycles. The lowest BCUT2D eigenvalue weighted by Gasteiger charge is -2.26. The van der Waals surface area contributed by atoms with Gasteiger partial charge in [0.05, 0.1) is 30.8 Å². The quantitative estimate of drug-likeness (QED) is 0.790. The number of piperidine rings is 1. The highest BCUT2D eigenvalue weighted by Gasteiger charge is 2.14. The number of likely N-dealkylation sites (tertiary alicyclic amines) is 1. The summed E-state index contributed by atoms with van der Waals surface area (Å²) < 4.78 is 7.36. The molecule has 2 aliphatic rings. The Hall–Kier alpha value is -1.28. The molecule has 0 unspecified atom stereocenters. The second kappa shape index (κ2) is 8.40. The monoisotopic (exact) mass is 361 g/mol. The fourth-order valence-corrected chi connectivity index (χ4v) is 4.41. The minimum atomic E-state index is 0.845. The molecule has 25 heavy (non-hydrogen) atoms. The molecule has 0 radical (unpaired) electrons. The summed E-state index contributed by atoms with van der Waals surface area (Å²) in [6, 6.07) is 2.29. The van der Waals surface area contributed by atoms with Gasteiger partial charge in [-0.05, 0) is 42.9 Å². The zero-order chi connectivity index (χ0) is 16.9. The molecule has 6 nitrogen and oxygen atoms in total. The second-order valence-corrected chi connectivity index (χ2v) is 7.89. The standard InChI is InChI=1S/C18H27N5OS/c1-2-4-22(5-3-1)13-16-12-18(25-15-16)17-14-23(20-19-17)7-6-21-8-10-24-11-9-21/h12,14-15H,1-11,13H2. The SMILES string of the molecule is c1sc(-c2cn(CCN3CCOCC3)nn2)cc1CN1CCCCC1. The average Bonchev–Trinajstić information content (AvgIpc) is 3.31. The second-order valence-electron chi connectivity index (χ2n) is 6.98. The molecule has 0 aromatic carbocycles. The molecular weight excluding hydrogens is 334 g/mol. The van der Waals surface area contributed by atoms with Gasteiger partial charge in [0.25, 0.3) is 0 Å². The Morgan fingerprint density at radius 1 is 1.00 bits per heavy atom. The highest BCUT2D eigenvalue weighted by atomic mass is 32.1. The lowest BCUT2D eigenvalue weighted by Crippen LogP contribution is -2.38. The van der Waals surface area contributed by atoms with Gasteiger partial charge in [-0.15, -0.1) is 16.4 Å². The van der Waals surface area contributed by atoms with Crippen LogP contribution in [0.5, 0.6) is 0 Å². The van der Waals surface area contributed by atoms with Crippen molar-refractivity contribution in [3.05, 3.63) is 23.2 Å². The third-order valence-corrected chi connectivity index (χ3v) is 6.05. The molecule has 0 saturated carbocycles. The highest BCUT2D eigenvalue weighted by Crippen LogP contribution is 2.26. The van der Waals surface area contributed by atoms with Crippen LogP contribution < -0.4 is 0 Å². The average molecular weight is 362 g/mol. The van der Waals surface area contributed by atoms with Crippen LogP contribution in [0.1, 0.15) is 24.8 Å². The third kappa shape index (κ3) is 4.67. The van der Waals surface area contributed by atoms with Gasteiger partial charge in [0.2, 0.25) is 0 Å². The Bertz CT molecular complexity index is 658. The fraction of sp³-hybridized carbons (Fsp3) is 0.667. The number of nitrogens with zero attached hydrogens (tertiary/aromatic N) is 5. The van der Waals surface area contributed by atoms with Crippen LogP contribution in [0.3, 0.4) is 0 Å². The molecule has 0 N–H and O–H groups in total. The Labute approximate surface area is 153 Å². The Balaban J connectivity index is 1.32. The van der Waals surface area contributed by atoms with Crippen molar-refractivity contribution < 1.29 is 4.74 Å². The summed E-state index contributed by atoms with van der Waals surface area (Å²) in [4.78, 5) is 6.21. The van der Waals surface area contributed by atoms with Crippen molar-refractivity contribution in [2.24, 2.45) is 0 Å². The van der Waals surface area contributed by atoms with Crippen LogP contribution in [0.2, 0.25) is 0 Å². The molecule has 2 saturated heterocycles. The van der Waals surface area contributed by atoms with E-state index in [9.17, 15) is 0 Å². The summed E-state index contributed by atoms with van der Waals surface area (Å²) in [5.74, 6) is 0. The summed E-state index contributed by atoms with van der Waals surface area (Å²) >= 11 is 1.78. The predicted octanol–water partition coefficient (Wildman–Crippen LogP) is 2.32. The number of ether oxygens (including phenoxy) is 1.